The number of carbonyl (C=O) groups excluding carboxylic acids is 2. The predicted molar refractivity (Wildman–Crippen MR) is 149 cm³/mol. The highest BCUT2D eigenvalue weighted by molar-refractivity contribution is 7.07. The molecule has 1 aliphatic carbocycles. The van der Waals surface area contributed by atoms with Crippen LogP contribution in [-0.2, 0) is 16.0 Å². The van der Waals surface area contributed by atoms with E-state index in [1.165, 1.54) is 11.3 Å². The average molecular weight is 570 g/mol. The lowest BCUT2D eigenvalue weighted by atomic mass is 9.73. The van der Waals surface area contributed by atoms with Crippen molar-refractivity contribution >= 4 is 35.0 Å². The Morgan fingerprint density at radius 2 is 1.82 bits per heavy atom. The second-order valence-electron chi connectivity index (χ2n) is 10.5. The van der Waals surface area contributed by atoms with E-state index in [9.17, 15) is 19.5 Å². The van der Waals surface area contributed by atoms with Crippen LogP contribution in [0.1, 0.15) is 49.8 Å². The lowest BCUT2D eigenvalue weighted by Crippen LogP contribution is -2.55. The van der Waals surface area contributed by atoms with E-state index in [4.69, 9.17) is 14.6 Å². The SMILES string of the molecule is COc1ccc(C2=NN(C3CCN(C(=O)[C@@H](Cc4cscn4)NC(=O)O)CC3)C(=O)[C@@H]3CCCC[C@H]23)cc1OC. The summed E-state index contributed by atoms with van der Waals surface area (Å²) in [5.74, 6) is 0.987. The van der Waals surface area contributed by atoms with E-state index in [0.717, 1.165) is 37.0 Å². The lowest BCUT2D eigenvalue weighted by molar-refractivity contribution is -0.143. The van der Waals surface area contributed by atoms with Gasteiger partial charge in [0, 0.05) is 42.3 Å². The quantitative estimate of drug-likeness (QED) is 0.498. The van der Waals surface area contributed by atoms with Crippen molar-refractivity contribution in [2.24, 2.45) is 16.9 Å². The summed E-state index contributed by atoms with van der Waals surface area (Å²) in [6.45, 7) is 0.828. The number of carboxylic acid groups (broad SMARTS) is 1. The second kappa shape index (κ2) is 12.2. The van der Waals surface area contributed by atoms with E-state index in [1.807, 2.05) is 23.6 Å². The van der Waals surface area contributed by atoms with Crippen molar-refractivity contribution in [1.82, 2.24) is 20.2 Å². The molecule has 0 spiro atoms. The summed E-state index contributed by atoms with van der Waals surface area (Å²) in [5.41, 5.74) is 4.15. The molecular weight excluding hydrogens is 534 g/mol. The molecule has 0 unspecified atom stereocenters. The van der Waals surface area contributed by atoms with Crippen LogP contribution in [0, 0.1) is 11.8 Å². The number of aromatic nitrogens is 1. The number of amides is 3. The van der Waals surface area contributed by atoms with E-state index in [2.05, 4.69) is 10.3 Å². The van der Waals surface area contributed by atoms with E-state index >= 15 is 0 Å². The van der Waals surface area contributed by atoms with Crippen molar-refractivity contribution in [2.75, 3.05) is 27.3 Å². The van der Waals surface area contributed by atoms with Gasteiger partial charge in [-0.1, -0.05) is 12.8 Å². The van der Waals surface area contributed by atoms with Crippen LogP contribution in [-0.4, -0.2) is 83.0 Å². The van der Waals surface area contributed by atoms with Crippen molar-refractivity contribution in [3.8, 4) is 11.5 Å². The Labute approximate surface area is 237 Å². The van der Waals surface area contributed by atoms with Crippen molar-refractivity contribution < 1.29 is 29.0 Å². The van der Waals surface area contributed by atoms with Crippen LogP contribution in [0.3, 0.4) is 0 Å². The van der Waals surface area contributed by atoms with Gasteiger partial charge in [-0.3, -0.25) is 9.59 Å². The first-order valence-corrected chi connectivity index (χ1v) is 14.6. The van der Waals surface area contributed by atoms with Crippen LogP contribution >= 0.6 is 11.3 Å². The number of benzene rings is 1. The van der Waals surface area contributed by atoms with Gasteiger partial charge in [-0.25, -0.2) is 14.8 Å². The minimum Gasteiger partial charge on any atom is -0.493 e. The van der Waals surface area contributed by atoms with E-state index in [0.29, 0.717) is 43.1 Å². The molecule has 12 heteroatoms. The molecule has 3 aliphatic rings. The second-order valence-corrected chi connectivity index (χ2v) is 11.2. The Morgan fingerprint density at radius 1 is 1.10 bits per heavy atom. The Hall–Kier alpha value is -3.67. The first-order chi connectivity index (χ1) is 19.4. The Kier molecular flexibility index (Phi) is 8.53. The molecule has 40 heavy (non-hydrogen) atoms. The Morgan fingerprint density at radius 3 is 2.48 bits per heavy atom. The molecule has 3 heterocycles. The molecule has 11 nitrogen and oxygen atoms in total. The minimum absolute atomic E-state index is 0.0610. The first kappa shape index (κ1) is 27.9. The molecule has 1 saturated carbocycles. The highest BCUT2D eigenvalue weighted by atomic mass is 32.1. The van der Waals surface area contributed by atoms with E-state index in [1.54, 1.807) is 29.6 Å². The van der Waals surface area contributed by atoms with Crippen molar-refractivity contribution in [3.05, 3.63) is 40.3 Å². The normalized spacial score (nSPS) is 22.2. The largest absolute Gasteiger partial charge is 0.493 e. The number of hydrogen-bond acceptors (Lipinski definition) is 8. The molecule has 2 fully saturated rings. The van der Waals surface area contributed by atoms with E-state index < -0.39 is 12.1 Å². The predicted octanol–water partition coefficient (Wildman–Crippen LogP) is 3.38. The third kappa shape index (κ3) is 5.77. The molecule has 1 aromatic heterocycles. The van der Waals surface area contributed by atoms with Gasteiger partial charge in [0.25, 0.3) is 0 Å². The number of carbonyl (C=O) groups is 3. The smallest absolute Gasteiger partial charge is 0.405 e. The molecule has 3 amide bonds. The lowest BCUT2D eigenvalue weighted by Gasteiger charge is -2.43. The number of hydrazone groups is 1. The van der Waals surface area contributed by atoms with Crippen LogP contribution < -0.4 is 14.8 Å². The van der Waals surface area contributed by atoms with Gasteiger partial charge in [0.05, 0.1) is 37.2 Å². The van der Waals surface area contributed by atoms with E-state index in [-0.39, 0.29) is 36.1 Å². The van der Waals surface area contributed by atoms with Gasteiger partial charge < -0.3 is 24.8 Å². The fraction of sp³-hybridized carbons (Fsp3) is 0.536. The van der Waals surface area contributed by atoms with Crippen LogP contribution in [0.5, 0.6) is 11.5 Å². The van der Waals surface area contributed by atoms with Crippen LogP contribution in [0.25, 0.3) is 0 Å². The highest BCUT2D eigenvalue weighted by Gasteiger charge is 2.44. The number of methoxy groups -OCH3 is 2. The highest BCUT2D eigenvalue weighted by Crippen LogP contribution is 2.40. The van der Waals surface area contributed by atoms with Gasteiger partial charge in [0.15, 0.2) is 11.5 Å². The summed E-state index contributed by atoms with van der Waals surface area (Å²) in [6, 6.07) is 4.71. The van der Waals surface area contributed by atoms with Crippen molar-refractivity contribution in [2.45, 2.75) is 57.0 Å². The zero-order valence-electron chi connectivity index (χ0n) is 22.7. The topological polar surface area (TPSA) is 134 Å². The minimum atomic E-state index is -1.25. The standard InChI is InChI=1S/C28H35N5O6S/c1-38-23-8-7-17(13-24(23)39-2)25-20-5-3-4-6-21(20)26(34)33(31-25)19-9-11-32(12-10-19)27(35)22(30-28(36)37)14-18-15-40-16-29-18/h7-8,13,15-16,19-22,30H,3-6,9-12,14H2,1-2H3,(H,36,37)/t20-,21+,22+/m0/s1. The fourth-order valence-corrected chi connectivity index (χ4v) is 6.71. The summed E-state index contributed by atoms with van der Waals surface area (Å²) in [7, 11) is 3.20. The molecule has 214 valence electrons. The Balaban J connectivity index is 1.34. The summed E-state index contributed by atoms with van der Waals surface area (Å²) in [4.78, 5) is 44.3. The Bertz CT molecular complexity index is 1260. The van der Waals surface area contributed by atoms with Gasteiger partial charge in [-0.15, -0.1) is 11.3 Å². The summed E-state index contributed by atoms with van der Waals surface area (Å²) in [5, 5.41) is 20.1. The van der Waals surface area contributed by atoms with Gasteiger partial charge in [-0.05, 0) is 43.9 Å². The number of nitrogens with one attached hydrogen (secondary N) is 1. The van der Waals surface area contributed by atoms with Gasteiger partial charge in [0.1, 0.15) is 6.04 Å². The number of piperidine rings is 1. The van der Waals surface area contributed by atoms with Gasteiger partial charge in [0.2, 0.25) is 11.8 Å². The summed E-state index contributed by atoms with van der Waals surface area (Å²) >= 11 is 1.40. The number of rotatable bonds is 8. The number of nitrogens with zero attached hydrogens (tertiary/aromatic N) is 4. The molecule has 2 aliphatic heterocycles. The van der Waals surface area contributed by atoms with Crippen LogP contribution in [0.4, 0.5) is 4.79 Å². The fourth-order valence-electron chi connectivity index (χ4n) is 6.14. The summed E-state index contributed by atoms with van der Waals surface area (Å²) < 4.78 is 10.9. The zero-order chi connectivity index (χ0) is 28.2. The monoisotopic (exact) mass is 569 g/mol. The number of ether oxygens (including phenoxy) is 2. The molecule has 5 rings (SSSR count). The first-order valence-electron chi connectivity index (χ1n) is 13.7. The third-order valence-corrected chi connectivity index (χ3v) is 8.80. The number of likely N-dealkylation sites (tertiary alicyclic amines) is 1. The summed E-state index contributed by atoms with van der Waals surface area (Å²) in [6.07, 6.45) is 3.91. The molecule has 1 aromatic carbocycles. The average Bonchev–Trinajstić information content (AvgIpc) is 3.49. The zero-order valence-corrected chi connectivity index (χ0v) is 23.6. The molecule has 1 saturated heterocycles. The van der Waals surface area contributed by atoms with Crippen molar-refractivity contribution in [3.63, 3.8) is 0 Å². The maximum absolute atomic E-state index is 13.7. The maximum Gasteiger partial charge on any atom is 0.405 e. The van der Waals surface area contributed by atoms with Crippen molar-refractivity contribution in [1.29, 1.82) is 0 Å². The maximum atomic E-state index is 13.7. The molecule has 3 atom stereocenters. The third-order valence-electron chi connectivity index (χ3n) is 8.17. The number of thiazole rings is 1. The van der Waals surface area contributed by atoms with Gasteiger partial charge in [-0.2, -0.15) is 5.10 Å². The van der Waals surface area contributed by atoms with Crippen LogP contribution in [0.2, 0.25) is 0 Å². The molecular formula is C28H35N5O6S. The number of fused-ring (bicyclic) bond motifs is 1. The molecule has 0 bridgehead atoms. The van der Waals surface area contributed by atoms with Gasteiger partial charge >= 0.3 is 6.09 Å². The molecule has 0 radical (unpaired) electrons. The number of hydrogen-bond donors (Lipinski definition) is 2. The molecule has 2 aromatic rings. The molecule has 2 N–H and O–H groups in total. The van der Waals surface area contributed by atoms with Crippen LogP contribution in [0.15, 0.2) is 34.2 Å².